The van der Waals surface area contributed by atoms with Gasteiger partial charge < -0.3 is 5.32 Å². The normalized spacial score (nSPS) is 13.1. The molecule has 0 amide bonds. The van der Waals surface area contributed by atoms with Crippen molar-refractivity contribution in [3.63, 3.8) is 0 Å². The van der Waals surface area contributed by atoms with E-state index >= 15 is 0 Å². The van der Waals surface area contributed by atoms with Crippen molar-refractivity contribution in [2.24, 2.45) is 0 Å². The van der Waals surface area contributed by atoms with E-state index in [0.717, 1.165) is 6.54 Å². The summed E-state index contributed by atoms with van der Waals surface area (Å²) in [5.74, 6) is 0. The van der Waals surface area contributed by atoms with Crippen LogP contribution in [0.4, 0.5) is 0 Å². The standard InChI is InChI=1S/C11H19NS/c1-3-4-5-8-12-10(2)11-7-6-9-13-11/h6-7,9-10,12H,3-5,8H2,1-2H3/t10-/m1/s1. The SMILES string of the molecule is CCCCCN[C@H](C)c1cccs1. The van der Waals surface area contributed by atoms with Crippen LogP contribution in [0, 0.1) is 0 Å². The second-order valence-electron chi connectivity index (χ2n) is 3.40. The van der Waals surface area contributed by atoms with E-state index < -0.39 is 0 Å². The van der Waals surface area contributed by atoms with Gasteiger partial charge in [0.1, 0.15) is 0 Å². The lowest BCUT2D eigenvalue weighted by Gasteiger charge is -2.11. The molecule has 0 saturated carbocycles. The Labute approximate surface area is 85.2 Å². The minimum atomic E-state index is 0.525. The van der Waals surface area contributed by atoms with Gasteiger partial charge in [-0.3, -0.25) is 0 Å². The van der Waals surface area contributed by atoms with Gasteiger partial charge in [0.2, 0.25) is 0 Å². The third-order valence-electron chi connectivity index (χ3n) is 2.20. The molecular formula is C11H19NS. The van der Waals surface area contributed by atoms with E-state index in [2.05, 4.69) is 36.7 Å². The van der Waals surface area contributed by atoms with Gasteiger partial charge in [-0.05, 0) is 31.3 Å². The summed E-state index contributed by atoms with van der Waals surface area (Å²) in [5.41, 5.74) is 0. The van der Waals surface area contributed by atoms with Crippen molar-refractivity contribution in [3.05, 3.63) is 22.4 Å². The number of thiophene rings is 1. The van der Waals surface area contributed by atoms with Gasteiger partial charge in [0.05, 0.1) is 0 Å². The van der Waals surface area contributed by atoms with E-state index in [4.69, 9.17) is 0 Å². The average molecular weight is 197 g/mol. The highest BCUT2D eigenvalue weighted by molar-refractivity contribution is 7.10. The van der Waals surface area contributed by atoms with Crippen LogP contribution in [0.5, 0.6) is 0 Å². The van der Waals surface area contributed by atoms with Gasteiger partial charge in [0.25, 0.3) is 0 Å². The molecule has 0 aromatic carbocycles. The lowest BCUT2D eigenvalue weighted by molar-refractivity contribution is 0.549. The van der Waals surface area contributed by atoms with Crippen LogP contribution in [0.2, 0.25) is 0 Å². The Kier molecular flexibility index (Phi) is 5.09. The predicted octanol–water partition coefficient (Wildman–Crippen LogP) is 3.59. The molecule has 1 rings (SSSR count). The molecule has 0 unspecified atom stereocenters. The van der Waals surface area contributed by atoms with Crippen molar-refractivity contribution in [3.8, 4) is 0 Å². The fourth-order valence-electron chi connectivity index (χ4n) is 1.33. The molecule has 0 spiro atoms. The van der Waals surface area contributed by atoms with Crippen molar-refractivity contribution < 1.29 is 0 Å². The highest BCUT2D eigenvalue weighted by Gasteiger charge is 2.03. The smallest absolute Gasteiger partial charge is 0.0386 e. The summed E-state index contributed by atoms with van der Waals surface area (Å²) in [6.07, 6.45) is 3.94. The Morgan fingerprint density at radius 1 is 1.46 bits per heavy atom. The zero-order valence-corrected chi connectivity index (χ0v) is 9.36. The number of rotatable bonds is 6. The van der Waals surface area contributed by atoms with E-state index in [9.17, 15) is 0 Å². The van der Waals surface area contributed by atoms with Crippen molar-refractivity contribution in [1.82, 2.24) is 5.32 Å². The summed E-state index contributed by atoms with van der Waals surface area (Å²) < 4.78 is 0. The van der Waals surface area contributed by atoms with Crippen molar-refractivity contribution in [2.45, 2.75) is 39.2 Å². The van der Waals surface area contributed by atoms with Crippen LogP contribution in [-0.4, -0.2) is 6.54 Å². The molecule has 0 bridgehead atoms. The third-order valence-corrected chi connectivity index (χ3v) is 3.26. The highest BCUT2D eigenvalue weighted by atomic mass is 32.1. The maximum atomic E-state index is 3.53. The molecule has 1 nitrogen and oxygen atoms in total. The fourth-order valence-corrected chi connectivity index (χ4v) is 2.09. The van der Waals surface area contributed by atoms with Crippen LogP contribution < -0.4 is 5.32 Å². The van der Waals surface area contributed by atoms with E-state index in [-0.39, 0.29) is 0 Å². The van der Waals surface area contributed by atoms with Gasteiger partial charge in [-0.15, -0.1) is 11.3 Å². The molecule has 74 valence electrons. The maximum absolute atomic E-state index is 3.53. The number of unbranched alkanes of at least 4 members (excludes halogenated alkanes) is 2. The van der Waals surface area contributed by atoms with Gasteiger partial charge in [-0.1, -0.05) is 25.8 Å². The summed E-state index contributed by atoms with van der Waals surface area (Å²) in [6.45, 7) is 5.62. The van der Waals surface area contributed by atoms with Crippen LogP contribution in [0.3, 0.4) is 0 Å². The van der Waals surface area contributed by atoms with Crippen molar-refractivity contribution in [1.29, 1.82) is 0 Å². The molecule has 1 aromatic rings. The average Bonchev–Trinajstić information content (AvgIpc) is 2.65. The van der Waals surface area contributed by atoms with Crippen LogP contribution in [0.15, 0.2) is 17.5 Å². The van der Waals surface area contributed by atoms with E-state index in [0.29, 0.717) is 6.04 Å². The van der Waals surface area contributed by atoms with Gasteiger partial charge in [-0.25, -0.2) is 0 Å². The van der Waals surface area contributed by atoms with Gasteiger partial charge in [0.15, 0.2) is 0 Å². The van der Waals surface area contributed by atoms with E-state index in [1.165, 1.54) is 24.1 Å². The van der Waals surface area contributed by atoms with Gasteiger partial charge in [-0.2, -0.15) is 0 Å². The lowest BCUT2D eigenvalue weighted by atomic mass is 10.2. The van der Waals surface area contributed by atoms with Crippen LogP contribution in [0.25, 0.3) is 0 Å². The minimum absolute atomic E-state index is 0.525. The Morgan fingerprint density at radius 3 is 2.92 bits per heavy atom. The molecule has 2 heteroatoms. The summed E-state index contributed by atoms with van der Waals surface area (Å²) in [6, 6.07) is 4.84. The molecule has 0 fully saturated rings. The second kappa shape index (κ2) is 6.17. The highest BCUT2D eigenvalue weighted by Crippen LogP contribution is 2.17. The monoisotopic (exact) mass is 197 g/mol. The summed E-state index contributed by atoms with van der Waals surface area (Å²) in [4.78, 5) is 1.44. The Hall–Kier alpha value is -0.340. The lowest BCUT2D eigenvalue weighted by Crippen LogP contribution is -2.18. The maximum Gasteiger partial charge on any atom is 0.0386 e. The molecule has 13 heavy (non-hydrogen) atoms. The molecule has 0 aliphatic carbocycles. The first-order chi connectivity index (χ1) is 6.34. The molecular weight excluding hydrogens is 178 g/mol. The molecule has 1 heterocycles. The molecule has 0 aliphatic heterocycles. The summed E-state index contributed by atoms with van der Waals surface area (Å²) in [7, 11) is 0. The van der Waals surface area contributed by atoms with Crippen molar-refractivity contribution in [2.75, 3.05) is 6.54 Å². The van der Waals surface area contributed by atoms with Gasteiger partial charge >= 0.3 is 0 Å². The number of hydrogen-bond donors (Lipinski definition) is 1. The summed E-state index contributed by atoms with van der Waals surface area (Å²) in [5, 5.41) is 5.67. The fraction of sp³-hybridized carbons (Fsp3) is 0.636. The van der Waals surface area contributed by atoms with Crippen LogP contribution in [0.1, 0.15) is 44.0 Å². The molecule has 0 radical (unpaired) electrons. The topological polar surface area (TPSA) is 12.0 Å². The predicted molar refractivity (Wildman–Crippen MR) is 60.3 cm³/mol. The molecule has 0 aliphatic rings. The number of nitrogens with one attached hydrogen (secondary N) is 1. The van der Waals surface area contributed by atoms with E-state index in [1.54, 1.807) is 0 Å². The molecule has 1 N–H and O–H groups in total. The first-order valence-corrected chi connectivity index (χ1v) is 5.99. The largest absolute Gasteiger partial charge is 0.309 e. The van der Waals surface area contributed by atoms with Crippen molar-refractivity contribution >= 4 is 11.3 Å². The zero-order chi connectivity index (χ0) is 9.52. The third kappa shape index (κ3) is 3.92. The van der Waals surface area contributed by atoms with Crippen LogP contribution >= 0.6 is 11.3 Å². The quantitative estimate of drug-likeness (QED) is 0.687. The summed E-state index contributed by atoms with van der Waals surface area (Å²) >= 11 is 1.83. The Balaban J connectivity index is 2.15. The second-order valence-corrected chi connectivity index (χ2v) is 4.38. The first-order valence-electron chi connectivity index (χ1n) is 5.11. The number of hydrogen-bond acceptors (Lipinski definition) is 2. The molecule has 0 saturated heterocycles. The minimum Gasteiger partial charge on any atom is -0.309 e. The first kappa shape index (κ1) is 10.7. The Morgan fingerprint density at radius 2 is 2.31 bits per heavy atom. The molecule has 1 aromatic heterocycles. The molecule has 1 atom stereocenters. The van der Waals surface area contributed by atoms with Gasteiger partial charge in [0, 0.05) is 10.9 Å². The Bertz CT molecular complexity index is 206. The van der Waals surface area contributed by atoms with E-state index in [1.807, 2.05) is 11.3 Å². The van der Waals surface area contributed by atoms with Crippen LogP contribution in [-0.2, 0) is 0 Å². The zero-order valence-electron chi connectivity index (χ0n) is 8.55.